The van der Waals surface area contributed by atoms with Crippen LogP contribution in [0.3, 0.4) is 0 Å². The molecule has 1 fully saturated rings. The molecule has 1 N–H and O–H groups in total. The molecule has 0 radical (unpaired) electrons. The maximum absolute atomic E-state index is 12.3. The van der Waals surface area contributed by atoms with E-state index < -0.39 is 0 Å². The first-order valence-corrected chi connectivity index (χ1v) is 7.45. The Morgan fingerprint density at radius 1 is 1.20 bits per heavy atom. The molecule has 0 aliphatic heterocycles. The van der Waals surface area contributed by atoms with E-state index in [4.69, 9.17) is 9.47 Å². The van der Waals surface area contributed by atoms with Crippen LogP contribution in [0.5, 0.6) is 11.5 Å². The lowest BCUT2D eigenvalue weighted by Gasteiger charge is -2.15. The average molecular weight is 277 g/mol. The van der Waals surface area contributed by atoms with Crippen molar-refractivity contribution in [3.63, 3.8) is 0 Å². The third kappa shape index (κ3) is 3.65. The van der Waals surface area contributed by atoms with Gasteiger partial charge in [-0.1, -0.05) is 12.8 Å². The van der Waals surface area contributed by atoms with Crippen molar-refractivity contribution in [2.45, 2.75) is 45.6 Å². The Balaban J connectivity index is 2.13. The van der Waals surface area contributed by atoms with Gasteiger partial charge in [0, 0.05) is 12.1 Å². The highest BCUT2D eigenvalue weighted by Crippen LogP contribution is 2.26. The van der Waals surface area contributed by atoms with E-state index in [2.05, 4.69) is 5.32 Å². The Labute approximate surface area is 120 Å². The molecule has 0 aromatic heterocycles. The van der Waals surface area contributed by atoms with Crippen LogP contribution in [0.15, 0.2) is 18.2 Å². The monoisotopic (exact) mass is 277 g/mol. The minimum atomic E-state index is -0.0524. The van der Waals surface area contributed by atoms with Gasteiger partial charge in [-0.05, 0) is 38.8 Å². The van der Waals surface area contributed by atoms with Crippen molar-refractivity contribution >= 4 is 5.91 Å². The van der Waals surface area contributed by atoms with E-state index in [-0.39, 0.29) is 5.91 Å². The largest absolute Gasteiger partial charge is 0.494 e. The first-order chi connectivity index (χ1) is 9.74. The first kappa shape index (κ1) is 14.7. The second-order valence-corrected chi connectivity index (χ2v) is 4.98. The number of carbonyl (C=O) groups is 1. The maximum atomic E-state index is 12.3. The summed E-state index contributed by atoms with van der Waals surface area (Å²) in [7, 11) is 0. The molecule has 1 saturated carbocycles. The molecule has 1 aliphatic carbocycles. The second-order valence-electron chi connectivity index (χ2n) is 4.98. The van der Waals surface area contributed by atoms with Crippen molar-refractivity contribution in [3.8, 4) is 11.5 Å². The molecule has 110 valence electrons. The van der Waals surface area contributed by atoms with Gasteiger partial charge in [0.25, 0.3) is 5.91 Å². The summed E-state index contributed by atoms with van der Waals surface area (Å²) in [4.78, 5) is 12.3. The normalized spacial score (nSPS) is 15.1. The van der Waals surface area contributed by atoms with Crippen LogP contribution in [0.4, 0.5) is 0 Å². The first-order valence-electron chi connectivity index (χ1n) is 7.45. The third-order valence-corrected chi connectivity index (χ3v) is 3.50. The SMILES string of the molecule is CCOc1ccc(C(=O)NC2CCCC2)c(OCC)c1. The molecule has 0 unspecified atom stereocenters. The van der Waals surface area contributed by atoms with Crippen LogP contribution in [-0.4, -0.2) is 25.2 Å². The summed E-state index contributed by atoms with van der Waals surface area (Å²) >= 11 is 0. The molecule has 1 aliphatic rings. The van der Waals surface area contributed by atoms with Crippen molar-refractivity contribution in [2.24, 2.45) is 0 Å². The van der Waals surface area contributed by atoms with Crippen molar-refractivity contribution in [3.05, 3.63) is 23.8 Å². The number of benzene rings is 1. The fourth-order valence-electron chi connectivity index (χ4n) is 2.55. The van der Waals surface area contributed by atoms with E-state index in [1.54, 1.807) is 12.1 Å². The van der Waals surface area contributed by atoms with Crippen LogP contribution < -0.4 is 14.8 Å². The molecule has 4 nitrogen and oxygen atoms in total. The van der Waals surface area contributed by atoms with Gasteiger partial charge in [0.15, 0.2) is 0 Å². The predicted octanol–water partition coefficient (Wildman–Crippen LogP) is 3.16. The molecule has 1 amide bonds. The lowest BCUT2D eigenvalue weighted by molar-refractivity contribution is 0.0934. The molecule has 0 atom stereocenters. The number of hydrogen-bond acceptors (Lipinski definition) is 3. The van der Waals surface area contributed by atoms with Crippen molar-refractivity contribution < 1.29 is 14.3 Å². The summed E-state index contributed by atoms with van der Waals surface area (Å²) in [6.07, 6.45) is 4.55. The van der Waals surface area contributed by atoms with Crippen LogP contribution in [0.2, 0.25) is 0 Å². The highest BCUT2D eigenvalue weighted by atomic mass is 16.5. The molecule has 1 aromatic rings. The lowest BCUT2D eigenvalue weighted by Crippen LogP contribution is -2.32. The van der Waals surface area contributed by atoms with Crippen LogP contribution in [0.25, 0.3) is 0 Å². The van der Waals surface area contributed by atoms with E-state index in [9.17, 15) is 4.79 Å². The Morgan fingerprint density at radius 3 is 2.55 bits per heavy atom. The quantitative estimate of drug-likeness (QED) is 0.869. The van der Waals surface area contributed by atoms with Crippen molar-refractivity contribution in [1.29, 1.82) is 0 Å². The van der Waals surface area contributed by atoms with Gasteiger partial charge in [0.2, 0.25) is 0 Å². The number of hydrogen-bond donors (Lipinski definition) is 1. The molecule has 0 spiro atoms. The Morgan fingerprint density at radius 2 is 1.90 bits per heavy atom. The van der Waals surface area contributed by atoms with Gasteiger partial charge in [-0.15, -0.1) is 0 Å². The van der Waals surface area contributed by atoms with E-state index in [0.29, 0.717) is 30.6 Å². The zero-order valence-corrected chi connectivity index (χ0v) is 12.3. The number of nitrogens with one attached hydrogen (secondary N) is 1. The zero-order valence-electron chi connectivity index (χ0n) is 12.3. The van der Waals surface area contributed by atoms with Gasteiger partial charge < -0.3 is 14.8 Å². The minimum absolute atomic E-state index is 0.0524. The van der Waals surface area contributed by atoms with E-state index in [1.165, 1.54) is 12.8 Å². The smallest absolute Gasteiger partial charge is 0.255 e. The summed E-state index contributed by atoms with van der Waals surface area (Å²) in [5.74, 6) is 1.27. The van der Waals surface area contributed by atoms with Crippen LogP contribution in [0, 0.1) is 0 Å². The standard InChI is InChI=1S/C16H23NO3/c1-3-19-13-9-10-14(15(11-13)20-4-2)16(18)17-12-7-5-6-8-12/h9-12H,3-8H2,1-2H3,(H,17,18). The molecule has 2 rings (SSSR count). The number of ether oxygens (including phenoxy) is 2. The third-order valence-electron chi connectivity index (χ3n) is 3.50. The summed E-state index contributed by atoms with van der Waals surface area (Å²) in [6, 6.07) is 5.69. The fraction of sp³-hybridized carbons (Fsp3) is 0.562. The molecule has 0 saturated heterocycles. The van der Waals surface area contributed by atoms with Crippen molar-refractivity contribution in [2.75, 3.05) is 13.2 Å². The van der Waals surface area contributed by atoms with Gasteiger partial charge in [-0.25, -0.2) is 0 Å². The van der Waals surface area contributed by atoms with Gasteiger partial charge >= 0.3 is 0 Å². The number of rotatable bonds is 6. The summed E-state index contributed by atoms with van der Waals surface area (Å²) in [5.41, 5.74) is 0.585. The summed E-state index contributed by atoms with van der Waals surface area (Å²) in [6.45, 7) is 4.96. The fourth-order valence-corrected chi connectivity index (χ4v) is 2.55. The molecule has 0 bridgehead atoms. The van der Waals surface area contributed by atoms with Gasteiger partial charge in [0.05, 0.1) is 18.8 Å². The number of amides is 1. The second kappa shape index (κ2) is 7.17. The number of carbonyl (C=O) groups excluding carboxylic acids is 1. The molecule has 0 heterocycles. The predicted molar refractivity (Wildman–Crippen MR) is 78.5 cm³/mol. The molecular formula is C16H23NO3. The molecule has 20 heavy (non-hydrogen) atoms. The van der Waals surface area contributed by atoms with E-state index >= 15 is 0 Å². The Bertz CT molecular complexity index is 453. The molecular weight excluding hydrogens is 254 g/mol. The highest BCUT2D eigenvalue weighted by Gasteiger charge is 2.20. The highest BCUT2D eigenvalue weighted by molar-refractivity contribution is 5.97. The van der Waals surface area contributed by atoms with Gasteiger partial charge in [-0.2, -0.15) is 0 Å². The van der Waals surface area contributed by atoms with E-state index in [0.717, 1.165) is 18.6 Å². The average Bonchev–Trinajstić information content (AvgIpc) is 2.92. The van der Waals surface area contributed by atoms with Crippen molar-refractivity contribution in [1.82, 2.24) is 5.32 Å². The topological polar surface area (TPSA) is 47.6 Å². The summed E-state index contributed by atoms with van der Waals surface area (Å²) in [5, 5.41) is 3.09. The maximum Gasteiger partial charge on any atom is 0.255 e. The Kier molecular flexibility index (Phi) is 5.27. The summed E-state index contributed by atoms with van der Waals surface area (Å²) < 4.78 is 11.0. The van der Waals surface area contributed by atoms with Crippen LogP contribution in [0.1, 0.15) is 49.9 Å². The van der Waals surface area contributed by atoms with E-state index in [1.807, 2.05) is 19.9 Å². The Hall–Kier alpha value is -1.71. The lowest BCUT2D eigenvalue weighted by atomic mass is 10.1. The van der Waals surface area contributed by atoms with Crippen LogP contribution >= 0.6 is 0 Å². The van der Waals surface area contributed by atoms with Gasteiger partial charge in [-0.3, -0.25) is 4.79 Å². The molecule has 4 heteroatoms. The zero-order chi connectivity index (χ0) is 14.4. The van der Waals surface area contributed by atoms with Gasteiger partial charge in [0.1, 0.15) is 11.5 Å². The molecule has 1 aromatic carbocycles. The minimum Gasteiger partial charge on any atom is -0.494 e. The van der Waals surface area contributed by atoms with Crippen LogP contribution in [-0.2, 0) is 0 Å².